The number of aromatic nitrogens is 1. The number of amides is 2. The lowest BCUT2D eigenvalue weighted by Crippen LogP contribution is -2.47. The lowest BCUT2D eigenvalue weighted by Gasteiger charge is -2.17. The molecule has 8 nitrogen and oxygen atoms in total. The zero-order chi connectivity index (χ0) is 23.3. The van der Waals surface area contributed by atoms with Crippen molar-refractivity contribution in [3.63, 3.8) is 0 Å². The minimum atomic E-state index is -0.803. The second-order valence-corrected chi connectivity index (χ2v) is 7.84. The molecule has 2 aromatic carbocycles. The van der Waals surface area contributed by atoms with Gasteiger partial charge in [0.25, 0.3) is 11.8 Å². The molecule has 0 saturated carbocycles. The van der Waals surface area contributed by atoms with Crippen molar-refractivity contribution in [1.82, 2.24) is 15.8 Å². The summed E-state index contributed by atoms with van der Waals surface area (Å²) < 4.78 is 16.5. The Balaban J connectivity index is 1.63. The van der Waals surface area contributed by atoms with Crippen molar-refractivity contribution in [1.29, 1.82) is 0 Å². The summed E-state index contributed by atoms with van der Waals surface area (Å²) in [6.07, 6.45) is -0.803. The number of aryl methyl sites for hydroxylation is 1. The van der Waals surface area contributed by atoms with Crippen LogP contribution in [0.1, 0.15) is 28.5 Å². The summed E-state index contributed by atoms with van der Waals surface area (Å²) in [5, 5.41) is 2.19. The maximum absolute atomic E-state index is 12.5. The van der Waals surface area contributed by atoms with Crippen molar-refractivity contribution >= 4 is 23.2 Å². The van der Waals surface area contributed by atoms with Gasteiger partial charge in [-0.2, -0.15) is 0 Å². The first-order valence-corrected chi connectivity index (χ1v) is 10.7. The number of nitrogens with one attached hydrogen (secondary N) is 2. The summed E-state index contributed by atoms with van der Waals surface area (Å²) in [5.41, 5.74) is 7.65. The smallest absolute Gasteiger partial charge is 0.289 e. The summed E-state index contributed by atoms with van der Waals surface area (Å²) in [6, 6.07) is 11.1. The predicted molar refractivity (Wildman–Crippen MR) is 122 cm³/mol. The van der Waals surface area contributed by atoms with E-state index in [0.29, 0.717) is 27.8 Å². The highest BCUT2D eigenvalue weighted by molar-refractivity contribution is 7.13. The lowest BCUT2D eigenvalue weighted by atomic mass is 10.1. The number of benzene rings is 2. The average Bonchev–Trinajstić information content (AvgIpc) is 3.29. The van der Waals surface area contributed by atoms with Gasteiger partial charge in [0, 0.05) is 5.38 Å². The molecule has 0 spiro atoms. The third kappa shape index (κ3) is 5.00. The summed E-state index contributed by atoms with van der Waals surface area (Å²) in [4.78, 5) is 29.2. The topological polar surface area (TPSA) is 98.8 Å². The van der Waals surface area contributed by atoms with E-state index in [1.54, 1.807) is 38.7 Å². The minimum Gasteiger partial charge on any atom is -0.493 e. The first-order chi connectivity index (χ1) is 15.3. The Kier molecular flexibility index (Phi) is 7.32. The van der Waals surface area contributed by atoms with Crippen LogP contribution in [-0.4, -0.2) is 37.1 Å². The van der Waals surface area contributed by atoms with Gasteiger partial charge in [-0.25, -0.2) is 4.98 Å². The van der Waals surface area contributed by atoms with Crippen LogP contribution in [0.25, 0.3) is 10.6 Å². The maximum Gasteiger partial charge on any atom is 0.289 e. The highest BCUT2D eigenvalue weighted by Gasteiger charge is 2.20. The molecule has 1 aromatic heterocycles. The highest BCUT2D eigenvalue weighted by Crippen LogP contribution is 2.38. The Morgan fingerprint density at radius 1 is 1.00 bits per heavy atom. The molecule has 0 aliphatic rings. The van der Waals surface area contributed by atoms with Gasteiger partial charge in [-0.1, -0.05) is 18.2 Å². The molecule has 0 saturated heterocycles. The van der Waals surface area contributed by atoms with Crippen molar-refractivity contribution in [2.75, 3.05) is 14.2 Å². The SMILES string of the molecule is COc1cccc(-c2nc(C(=O)NNC(=O)[C@@H](C)Oc3cccc(C)c3C)cs2)c1OC. The fraction of sp³-hybridized carbons (Fsp3) is 0.261. The van der Waals surface area contributed by atoms with Crippen molar-refractivity contribution in [2.45, 2.75) is 26.9 Å². The van der Waals surface area contributed by atoms with Crippen LogP contribution in [0.4, 0.5) is 0 Å². The number of ether oxygens (including phenoxy) is 3. The van der Waals surface area contributed by atoms with Gasteiger partial charge in [0.1, 0.15) is 16.5 Å². The van der Waals surface area contributed by atoms with Crippen LogP contribution in [0.3, 0.4) is 0 Å². The molecule has 32 heavy (non-hydrogen) atoms. The number of rotatable bonds is 7. The van der Waals surface area contributed by atoms with Gasteiger partial charge in [0.2, 0.25) is 0 Å². The van der Waals surface area contributed by atoms with Gasteiger partial charge >= 0.3 is 0 Å². The Morgan fingerprint density at radius 2 is 1.72 bits per heavy atom. The van der Waals surface area contributed by atoms with Crippen molar-refractivity contribution < 1.29 is 23.8 Å². The quantitative estimate of drug-likeness (QED) is 0.528. The zero-order valence-electron chi connectivity index (χ0n) is 18.5. The van der Waals surface area contributed by atoms with Gasteiger partial charge in [0.15, 0.2) is 17.6 Å². The van der Waals surface area contributed by atoms with Gasteiger partial charge in [-0.15, -0.1) is 11.3 Å². The molecule has 0 fully saturated rings. The molecule has 2 N–H and O–H groups in total. The summed E-state index contributed by atoms with van der Waals surface area (Å²) in [5.74, 6) is 0.694. The van der Waals surface area contributed by atoms with E-state index in [2.05, 4.69) is 15.8 Å². The molecule has 9 heteroatoms. The minimum absolute atomic E-state index is 0.165. The van der Waals surface area contributed by atoms with Crippen LogP contribution in [0, 0.1) is 13.8 Å². The fourth-order valence-corrected chi connectivity index (χ4v) is 3.76. The monoisotopic (exact) mass is 455 g/mol. The Morgan fingerprint density at radius 3 is 2.44 bits per heavy atom. The molecule has 1 heterocycles. The number of hydrogen-bond donors (Lipinski definition) is 2. The predicted octanol–water partition coefficient (Wildman–Crippen LogP) is 3.67. The largest absolute Gasteiger partial charge is 0.493 e. The summed E-state index contributed by atoms with van der Waals surface area (Å²) in [7, 11) is 3.09. The van der Waals surface area contributed by atoms with E-state index >= 15 is 0 Å². The first-order valence-electron chi connectivity index (χ1n) is 9.85. The number of hydrazine groups is 1. The van der Waals surface area contributed by atoms with Gasteiger partial charge < -0.3 is 14.2 Å². The number of carbonyl (C=O) groups is 2. The number of nitrogens with zero attached hydrogens (tertiary/aromatic N) is 1. The summed E-state index contributed by atoms with van der Waals surface area (Å²) in [6.45, 7) is 5.50. The van der Waals surface area contributed by atoms with Crippen LogP contribution < -0.4 is 25.1 Å². The van der Waals surface area contributed by atoms with Gasteiger partial charge in [0.05, 0.1) is 19.8 Å². The average molecular weight is 456 g/mol. The van der Waals surface area contributed by atoms with E-state index in [4.69, 9.17) is 14.2 Å². The molecule has 2 amide bonds. The molecular formula is C23H25N3O5S. The Bertz CT molecular complexity index is 1130. The fourth-order valence-electron chi connectivity index (χ4n) is 2.94. The molecule has 0 unspecified atom stereocenters. The zero-order valence-corrected chi connectivity index (χ0v) is 19.3. The molecule has 0 aliphatic carbocycles. The number of methoxy groups -OCH3 is 2. The number of hydrogen-bond acceptors (Lipinski definition) is 7. The Hall–Kier alpha value is -3.59. The molecule has 168 valence electrons. The van der Waals surface area contributed by atoms with E-state index < -0.39 is 17.9 Å². The van der Waals surface area contributed by atoms with E-state index in [1.165, 1.54) is 11.3 Å². The molecular weight excluding hydrogens is 430 g/mol. The van der Waals surface area contributed by atoms with Crippen LogP contribution in [0.2, 0.25) is 0 Å². The van der Waals surface area contributed by atoms with Crippen LogP contribution >= 0.6 is 11.3 Å². The van der Waals surface area contributed by atoms with E-state index in [1.807, 2.05) is 38.1 Å². The second-order valence-electron chi connectivity index (χ2n) is 6.98. The number of para-hydroxylation sites is 1. The lowest BCUT2D eigenvalue weighted by molar-refractivity contribution is -0.128. The number of thiazole rings is 1. The normalized spacial score (nSPS) is 11.4. The van der Waals surface area contributed by atoms with Gasteiger partial charge in [-0.3, -0.25) is 20.4 Å². The van der Waals surface area contributed by atoms with Crippen molar-refractivity contribution in [2.24, 2.45) is 0 Å². The van der Waals surface area contributed by atoms with Crippen LogP contribution in [0.15, 0.2) is 41.8 Å². The maximum atomic E-state index is 12.5. The molecule has 3 rings (SSSR count). The Labute approximate surface area is 190 Å². The highest BCUT2D eigenvalue weighted by atomic mass is 32.1. The second kappa shape index (κ2) is 10.1. The van der Waals surface area contributed by atoms with E-state index in [-0.39, 0.29) is 5.69 Å². The third-order valence-corrected chi connectivity index (χ3v) is 5.77. The van der Waals surface area contributed by atoms with E-state index in [9.17, 15) is 9.59 Å². The van der Waals surface area contributed by atoms with Crippen LogP contribution in [-0.2, 0) is 4.79 Å². The standard InChI is InChI=1S/C23H25N3O5S/c1-13-8-6-10-18(14(13)2)31-15(3)21(27)25-26-22(28)17-12-32-23(24-17)16-9-7-11-19(29-4)20(16)30-5/h6-12,15H,1-5H3,(H,25,27)(H,26,28)/t15-/m1/s1. The molecule has 0 radical (unpaired) electrons. The van der Waals surface area contributed by atoms with Gasteiger partial charge in [-0.05, 0) is 50.1 Å². The number of carbonyl (C=O) groups excluding carboxylic acids is 2. The summed E-state index contributed by atoms with van der Waals surface area (Å²) >= 11 is 1.28. The molecule has 1 atom stereocenters. The van der Waals surface area contributed by atoms with Crippen molar-refractivity contribution in [3.05, 3.63) is 58.6 Å². The van der Waals surface area contributed by atoms with Crippen LogP contribution in [0.5, 0.6) is 17.2 Å². The molecule has 0 aliphatic heterocycles. The first kappa shape index (κ1) is 23.1. The van der Waals surface area contributed by atoms with Crippen molar-refractivity contribution in [3.8, 4) is 27.8 Å². The van der Waals surface area contributed by atoms with E-state index in [0.717, 1.165) is 11.1 Å². The third-order valence-electron chi connectivity index (χ3n) is 4.90. The molecule has 3 aromatic rings. The molecule has 0 bridgehead atoms.